The van der Waals surface area contributed by atoms with Crippen LogP contribution in [0, 0.1) is 26.1 Å². The number of aromatic nitrogens is 1. The topological polar surface area (TPSA) is 91.2 Å². The van der Waals surface area contributed by atoms with Gasteiger partial charge in [0.1, 0.15) is 0 Å². The quantitative estimate of drug-likeness (QED) is 0.450. The molecule has 3 aromatic rings. The highest BCUT2D eigenvalue weighted by atomic mass is 16.6. The second kappa shape index (κ2) is 8.04. The molecular weight excluding hydrogens is 358 g/mol. The third-order valence-corrected chi connectivity index (χ3v) is 4.50. The third kappa shape index (κ3) is 4.25. The van der Waals surface area contributed by atoms with Crippen LogP contribution in [0.4, 0.5) is 11.4 Å². The smallest absolute Gasteiger partial charge is 0.271 e. The molecule has 28 heavy (non-hydrogen) atoms. The Morgan fingerprint density at radius 1 is 1.00 bits per heavy atom. The van der Waals surface area contributed by atoms with Crippen LogP contribution in [0.1, 0.15) is 25.0 Å². The summed E-state index contributed by atoms with van der Waals surface area (Å²) in [6.07, 6.45) is 6.79. The maximum atomic E-state index is 10.7. The summed E-state index contributed by atoms with van der Waals surface area (Å²) in [4.78, 5) is 20.4. The van der Waals surface area contributed by atoms with E-state index in [0.29, 0.717) is 5.92 Å². The summed E-state index contributed by atoms with van der Waals surface area (Å²) in [7, 11) is 0. The molecule has 1 aliphatic rings. The first-order chi connectivity index (χ1) is 13.3. The van der Waals surface area contributed by atoms with Crippen molar-refractivity contribution in [2.45, 2.75) is 26.8 Å². The average molecular weight is 379 g/mol. The van der Waals surface area contributed by atoms with Crippen LogP contribution < -0.4 is 0 Å². The van der Waals surface area contributed by atoms with Gasteiger partial charge < -0.3 is 4.57 Å². The van der Waals surface area contributed by atoms with Crippen molar-refractivity contribution in [1.29, 1.82) is 0 Å². The molecule has 0 N–H and O–H groups in total. The highest BCUT2D eigenvalue weighted by Gasteiger charge is 2.11. The minimum atomic E-state index is -0.362. The molecule has 2 aromatic carbocycles. The van der Waals surface area contributed by atoms with E-state index in [1.54, 1.807) is 30.3 Å². The second-order valence-corrected chi connectivity index (χ2v) is 7.11. The minimum Gasteiger partial charge on any atom is -0.347 e. The molecular formula is C21H21N3O4. The van der Waals surface area contributed by atoms with E-state index in [1.165, 1.54) is 6.07 Å². The van der Waals surface area contributed by atoms with Gasteiger partial charge in [-0.1, -0.05) is 26.0 Å². The Morgan fingerprint density at radius 3 is 2.36 bits per heavy atom. The highest BCUT2D eigenvalue weighted by Crippen LogP contribution is 2.24. The van der Waals surface area contributed by atoms with Crippen LogP contribution in [0.2, 0.25) is 0 Å². The molecule has 0 aliphatic heterocycles. The first kappa shape index (κ1) is 19.3. The summed E-state index contributed by atoms with van der Waals surface area (Å²) in [5.74, 6) is 0.523. The van der Waals surface area contributed by atoms with Crippen LogP contribution in [0.25, 0.3) is 17.0 Å². The SMILES string of the molecule is CC(C)Cn1ccc2ccc([N+](=O)[O-])cc21.O=[N+]([O-])c1ccc2c(c1)CC=C2. The van der Waals surface area contributed by atoms with E-state index in [-0.39, 0.29) is 21.2 Å². The lowest BCUT2D eigenvalue weighted by Gasteiger charge is -2.07. The molecule has 0 unspecified atom stereocenters. The van der Waals surface area contributed by atoms with E-state index in [4.69, 9.17) is 0 Å². The standard InChI is InChI=1S/C12H14N2O2.C9H7NO2/c1-9(2)8-13-6-5-10-3-4-11(14(15)16)7-12(10)13;11-10(12)9-5-4-7-2-1-3-8(7)6-9/h3-7,9H,8H2,1-2H3;1-2,4-6H,3H2. The number of nitro benzene ring substituents is 2. The van der Waals surface area contributed by atoms with Crippen molar-refractivity contribution in [2.75, 3.05) is 0 Å². The maximum Gasteiger partial charge on any atom is 0.271 e. The van der Waals surface area contributed by atoms with Gasteiger partial charge in [0, 0.05) is 42.4 Å². The number of hydrogen-bond donors (Lipinski definition) is 0. The monoisotopic (exact) mass is 379 g/mol. The normalized spacial score (nSPS) is 12.0. The van der Waals surface area contributed by atoms with Crippen molar-refractivity contribution in [1.82, 2.24) is 4.57 Å². The zero-order chi connectivity index (χ0) is 20.3. The Kier molecular flexibility index (Phi) is 5.54. The van der Waals surface area contributed by atoms with Crippen molar-refractivity contribution < 1.29 is 9.85 Å². The molecule has 0 saturated heterocycles. The van der Waals surface area contributed by atoms with E-state index in [1.807, 2.05) is 24.4 Å². The van der Waals surface area contributed by atoms with Gasteiger partial charge in [-0.25, -0.2) is 0 Å². The molecule has 0 atom stereocenters. The van der Waals surface area contributed by atoms with Crippen LogP contribution in [0.15, 0.2) is 54.7 Å². The zero-order valence-electron chi connectivity index (χ0n) is 15.7. The number of allylic oxidation sites excluding steroid dienone is 1. The van der Waals surface area contributed by atoms with Crippen molar-refractivity contribution in [3.63, 3.8) is 0 Å². The second-order valence-electron chi connectivity index (χ2n) is 7.11. The minimum absolute atomic E-state index is 0.149. The van der Waals surface area contributed by atoms with Gasteiger partial charge in [-0.15, -0.1) is 0 Å². The van der Waals surface area contributed by atoms with Gasteiger partial charge in [0.2, 0.25) is 0 Å². The molecule has 7 heteroatoms. The van der Waals surface area contributed by atoms with Gasteiger partial charge in [-0.05, 0) is 41.7 Å². The molecule has 144 valence electrons. The van der Waals surface area contributed by atoms with Crippen LogP contribution in [-0.4, -0.2) is 14.4 Å². The summed E-state index contributed by atoms with van der Waals surface area (Å²) >= 11 is 0. The van der Waals surface area contributed by atoms with Gasteiger partial charge >= 0.3 is 0 Å². The van der Waals surface area contributed by atoms with Crippen LogP contribution in [0.5, 0.6) is 0 Å². The number of nitrogens with zero attached hydrogens (tertiary/aromatic N) is 3. The summed E-state index contributed by atoms with van der Waals surface area (Å²) < 4.78 is 2.06. The summed E-state index contributed by atoms with van der Waals surface area (Å²) in [6, 6.07) is 11.9. The fourth-order valence-corrected chi connectivity index (χ4v) is 3.20. The van der Waals surface area contributed by atoms with Crippen LogP contribution in [0.3, 0.4) is 0 Å². The molecule has 0 saturated carbocycles. The van der Waals surface area contributed by atoms with Gasteiger partial charge in [0.25, 0.3) is 11.4 Å². The van der Waals surface area contributed by atoms with Crippen molar-refractivity contribution in [3.05, 3.63) is 86.1 Å². The first-order valence-electron chi connectivity index (χ1n) is 9.02. The fourth-order valence-electron chi connectivity index (χ4n) is 3.20. The van der Waals surface area contributed by atoms with E-state index < -0.39 is 0 Å². The van der Waals surface area contributed by atoms with Crippen molar-refractivity contribution in [3.8, 4) is 0 Å². The van der Waals surface area contributed by atoms with Gasteiger partial charge in [-0.3, -0.25) is 20.2 Å². The maximum absolute atomic E-state index is 10.7. The van der Waals surface area contributed by atoms with Crippen LogP contribution in [-0.2, 0) is 13.0 Å². The molecule has 4 rings (SSSR count). The summed E-state index contributed by atoms with van der Waals surface area (Å²) in [6.45, 7) is 5.14. The average Bonchev–Trinajstić information content (AvgIpc) is 3.27. The number of fused-ring (bicyclic) bond motifs is 2. The van der Waals surface area contributed by atoms with Gasteiger partial charge in [0.05, 0.1) is 15.4 Å². The van der Waals surface area contributed by atoms with Gasteiger partial charge in [0.15, 0.2) is 0 Å². The molecule has 0 bridgehead atoms. The van der Waals surface area contributed by atoms with Gasteiger partial charge in [-0.2, -0.15) is 0 Å². The third-order valence-electron chi connectivity index (χ3n) is 4.50. The Bertz CT molecular complexity index is 1070. The Labute approximate surface area is 162 Å². The Hall–Kier alpha value is -3.48. The first-order valence-corrected chi connectivity index (χ1v) is 9.02. The van der Waals surface area contributed by atoms with Crippen LogP contribution >= 0.6 is 0 Å². The van der Waals surface area contributed by atoms with E-state index in [2.05, 4.69) is 18.4 Å². The molecule has 7 nitrogen and oxygen atoms in total. The number of hydrogen-bond acceptors (Lipinski definition) is 4. The number of benzene rings is 2. The number of rotatable bonds is 4. The van der Waals surface area contributed by atoms with E-state index in [0.717, 1.165) is 35.0 Å². The lowest BCUT2D eigenvalue weighted by molar-refractivity contribution is -0.385. The van der Waals surface area contributed by atoms with E-state index >= 15 is 0 Å². The number of nitro groups is 2. The molecule has 0 radical (unpaired) electrons. The number of non-ortho nitro benzene ring substituents is 2. The lowest BCUT2D eigenvalue weighted by atomic mass is 10.1. The molecule has 1 heterocycles. The van der Waals surface area contributed by atoms with Crippen molar-refractivity contribution >= 4 is 28.4 Å². The highest BCUT2D eigenvalue weighted by molar-refractivity contribution is 5.82. The van der Waals surface area contributed by atoms with Crippen molar-refractivity contribution in [2.24, 2.45) is 5.92 Å². The Balaban J connectivity index is 0.000000167. The largest absolute Gasteiger partial charge is 0.347 e. The molecule has 0 spiro atoms. The molecule has 0 fully saturated rings. The Morgan fingerprint density at radius 2 is 1.68 bits per heavy atom. The zero-order valence-corrected chi connectivity index (χ0v) is 15.7. The fraction of sp³-hybridized carbons (Fsp3) is 0.238. The summed E-state index contributed by atoms with van der Waals surface area (Å²) in [5, 5.41) is 22.1. The molecule has 1 aliphatic carbocycles. The lowest BCUT2D eigenvalue weighted by Crippen LogP contribution is -2.02. The predicted octanol–water partition coefficient (Wildman–Crippen LogP) is 5.37. The van der Waals surface area contributed by atoms with E-state index in [9.17, 15) is 20.2 Å². The molecule has 0 amide bonds. The predicted molar refractivity (Wildman–Crippen MR) is 109 cm³/mol. The summed E-state index contributed by atoms with van der Waals surface area (Å²) in [5.41, 5.74) is 3.40. The molecule has 1 aromatic heterocycles.